The van der Waals surface area contributed by atoms with Crippen LogP contribution in [0.25, 0.3) is 6.08 Å². The van der Waals surface area contributed by atoms with Gasteiger partial charge in [-0.2, -0.15) is 0 Å². The number of thiophene rings is 1. The van der Waals surface area contributed by atoms with Gasteiger partial charge in [-0.1, -0.05) is 29.0 Å². The molecule has 1 aliphatic rings. The molecule has 0 bridgehead atoms. The van der Waals surface area contributed by atoms with Crippen LogP contribution < -0.4 is 14.9 Å². The Labute approximate surface area is 184 Å². The number of aromatic nitrogens is 1. The number of aromatic hydroxyl groups is 1. The van der Waals surface area contributed by atoms with Crippen LogP contribution in [0.5, 0.6) is 5.75 Å². The maximum atomic E-state index is 13.3. The van der Waals surface area contributed by atoms with Crippen molar-refractivity contribution < 1.29 is 14.6 Å². The van der Waals surface area contributed by atoms with E-state index >= 15 is 0 Å². The van der Waals surface area contributed by atoms with Gasteiger partial charge in [0.25, 0.3) is 5.56 Å². The number of allylic oxidation sites excluding steroid dienone is 1. The van der Waals surface area contributed by atoms with Gasteiger partial charge in [0.15, 0.2) is 4.80 Å². The lowest BCUT2D eigenvalue weighted by molar-refractivity contribution is -0.139. The number of benzene rings is 1. The Kier molecular flexibility index (Phi) is 5.64. The summed E-state index contributed by atoms with van der Waals surface area (Å²) >= 11 is 8.68. The number of nitrogens with zero attached hydrogens (tertiary/aromatic N) is 2. The van der Waals surface area contributed by atoms with Crippen LogP contribution in [-0.2, 0) is 9.53 Å². The molecule has 3 heterocycles. The van der Waals surface area contributed by atoms with Crippen LogP contribution in [-0.4, -0.2) is 22.2 Å². The molecule has 154 valence electrons. The van der Waals surface area contributed by atoms with E-state index < -0.39 is 12.0 Å². The number of thiazole rings is 1. The first-order valence-electron chi connectivity index (χ1n) is 9.12. The molecule has 0 spiro atoms. The highest BCUT2D eigenvalue weighted by atomic mass is 35.5. The Bertz CT molecular complexity index is 1340. The smallest absolute Gasteiger partial charge is 0.338 e. The van der Waals surface area contributed by atoms with E-state index in [4.69, 9.17) is 16.3 Å². The van der Waals surface area contributed by atoms with E-state index in [2.05, 4.69) is 4.99 Å². The van der Waals surface area contributed by atoms with Gasteiger partial charge < -0.3 is 9.84 Å². The summed E-state index contributed by atoms with van der Waals surface area (Å²) in [6.45, 7) is 3.71. The Morgan fingerprint density at radius 2 is 2.20 bits per heavy atom. The second kappa shape index (κ2) is 8.22. The number of carbonyl (C=O) groups is 1. The van der Waals surface area contributed by atoms with E-state index in [1.54, 1.807) is 32.1 Å². The lowest BCUT2D eigenvalue weighted by Gasteiger charge is -2.23. The Hall–Kier alpha value is -2.68. The number of halogens is 1. The van der Waals surface area contributed by atoms with Gasteiger partial charge in [0.1, 0.15) is 11.8 Å². The first-order valence-corrected chi connectivity index (χ1v) is 11.2. The summed E-state index contributed by atoms with van der Waals surface area (Å²) in [6, 6.07) is 7.77. The predicted octanol–water partition coefficient (Wildman–Crippen LogP) is 3.22. The van der Waals surface area contributed by atoms with Crippen LogP contribution in [0, 0.1) is 0 Å². The van der Waals surface area contributed by atoms with Gasteiger partial charge in [-0.05, 0) is 49.6 Å². The minimum Gasteiger partial charge on any atom is -0.507 e. The highest BCUT2D eigenvalue weighted by Crippen LogP contribution is 2.33. The monoisotopic (exact) mass is 460 g/mol. The first kappa shape index (κ1) is 20.6. The fourth-order valence-corrected chi connectivity index (χ4v) is 5.33. The molecule has 0 saturated carbocycles. The van der Waals surface area contributed by atoms with Crippen molar-refractivity contribution in [2.75, 3.05) is 6.61 Å². The molecule has 0 amide bonds. The summed E-state index contributed by atoms with van der Waals surface area (Å²) < 4.78 is 7.14. The van der Waals surface area contributed by atoms with Crippen LogP contribution >= 0.6 is 34.3 Å². The van der Waals surface area contributed by atoms with E-state index in [9.17, 15) is 14.7 Å². The highest BCUT2D eigenvalue weighted by Gasteiger charge is 2.33. The molecule has 1 N–H and O–H groups in total. The Balaban J connectivity index is 1.96. The van der Waals surface area contributed by atoms with E-state index in [1.165, 1.54) is 33.3 Å². The van der Waals surface area contributed by atoms with Crippen molar-refractivity contribution in [1.29, 1.82) is 0 Å². The zero-order valence-electron chi connectivity index (χ0n) is 16.1. The third-order valence-electron chi connectivity index (χ3n) is 4.61. The van der Waals surface area contributed by atoms with Gasteiger partial charge in [-0.3, -0.25) is 9.36 Å². The summed E-state index contributed by atoms with van der Waals surface area (Å²) in [5.41, 5.74) is 1.00. The number of fused-ring (bicyclic) bond motifs is 1. The van der Waals surface area contributed by atoms with Crippen molar-refractivity contribution in [2.24, 2.45) is 4.99 Å². The molecule has 2 aromatic heterocycles. The van der Waals surface area contributed by atoms with Gasteiger partial charge >= 0.3 is 5.97 Å². The average molecular weight is 461 g/mol. The lowest BCUT2D eigenvalue weighted by Crippen LogP contribution is -2.39. The summed E-state index contributed by atoms with van der Waals surface area (Å²) in [4.78, 5) is 31.9. The first-order chi connectivity index (χ1) is 14.4. The van der Waals surface area contributed by atoms with Gasteiger partial charge in [-0.15, -0.1) is 11.3 Å². The van der Waals surface area contributed by atoms with E-state index in [-0.39, 0.29) is 17.9 Å². The number of ether oxygens (including phenoxy) is 1. The number of hydrogen-bond donors (Lipinski definition) is 1. The van der Waals surface area contributed by atoms with Crippen molar-refractivity contribution in [3.63, 3.8) is 0 Å². The minimum absolute atomic E-state index is 0.0171. The minimum atomic E-state index is -0.615. The number of phenolic OH excluding ortho intramolecular Hbond substituents is 1. The maximum absolute atomic E-state index is 13.3. The normalized spacial score (nSPS) is 16.4. The van der Waals surface area contributed by atoms with Crippen LogP contribution in [0.4, 0.5) is 0 Å². The van der Waals surface area contributed by atoms with Crippen molar-refractivity contribution in [2.45, 2.75) is 19.9 Å². The molecule has 6 nitrogen and oxygen atoms in total. The molecule has 1 atom stereocenters. The third kappa shape index (κ3) is 3.62. The molecule has 30 heavy (non-hydrogen) atoms. The SMILES string of the molecule is CCOC(=O)C1=C(C)N=c2sc(=Cc3cc(Cl)ccc3O)c(=O)n2[C@@H]1c1cccs1. The largest absolute Gasteiger partial charge is 0.507 e. The molecule has 0 fully saturated rings. The third-order valence-corrected chi connectivity index (χ3v) is 6.75. The molecule has 0 radical (unpaired) electrons. The van der Waals surface area contributed by atoms with E-state index in [0.29, 0.717) is 31.2 Å². The van der Waals surface area contributed by atoms with Gasteiger partial charge in [0.05, 0.1) is 22.4 Å². The molecule has 4 rings (SSSR count). The van der Waals surface area contributed by atoms with Crippen LogP contribution in [0.1, 0.15) is 30.3 Å². The fourth-order valence-electron chi connectivity index (χ4n) is 3.29. The number of carbonyl (C=O) groups excluding carboxylic acids is 1. The topological polar surface area (TPSA) is 80.9 Å². The molecule has 0 aliphatic carbocycles. The zero-order valence-corrected chi connectivity index (χ0v) is 18.5. The number of rotatable bonds is 4. The van der Waals surface area contributed by atoms with Gasteiger partial charge in [0, 0.05) is 15.5 Å². The van der Waals surface area contributed by atoms with Crippen LogP contribution in [0.2, 0.25) is 5.02 Å². The van der Waals surface area contributed by atoms with Crippen LogP contribution in [0.3, 0.4) is 0 Å². The van der Waals surface area contributed by atoms with E-state index in [0.717, 1.165) is 4.88 Å². The Morgan fingerprint density at radius 3 is 2.90 bits per heavy atom. The quantitative estimate of drug-likeness (QED) is 0.606. The molecular formula is C21H17ClN2O4S2. The average Bonchev–Trinajstić information content (AvgIpc) is 3.33. The summed E-state index contributed by atoms with van der Waals surface area (Å²) in [5, 5.41) is 12.5. The standard InChI is InChI=1S/C21H17ClN2O4S2/c1-3-28-20(27)17-11(2)23-21-24(18(17)15-5-4-8-29-15)19(26)16(30-21)10-12-9-13(22)6-7-14(12)25/h4-10,18,25H,3H2,1-2H3/t18-/m1/s1. The fraction of sp³-hybridized carbons (Fsp3) is 0.190. The van der Waals surface area contributed by atoms with E-state index in [1.807, 2.05) is 17.5 Å². The molecule has 0 unspecified atom stereocenters. The molecule has 9 heteroatoms. The van der Waals surface area contributed by atoms with Crippen molar-refractivity contribution in [3.8, 4) is 5.75 Å². The molecular weight excluding hydrogens is 444 g/mol. The molecule has 0 saturated heterocycles. The number of esters is 1. The summed E-state index contributed by atoms with van der Waals surface area (Å²) in [6.07, 6.45) is 1.58. The summed E-state index contributed by atoms with van der Waals surface area (Å²) in [5.74, 6) is -0.470. The second-order valence-electron chi connectivity index (χ2n) is 6.52. The van der Waals surface area contributed by atoms with Crippen molar-refractivity contribution in [3.05, 3.63) is 82.1 Å². The Morgan fingerprint density at radius 1 is 1.40 bits per heavy atom. The van der Waals surface area contributed by atoms with Crippen LogP contribution in [0.15, 0.2) is 56.8 Å². The molecule has 3 aromatic rings. The molecule has 1 aliphatic heterocycles. The highest BCUT2D eigenvalue weighted by molar-refractivity contribution is 7.10. The van der Waals surface area contributed by atoms with Gasteiger partial charge in [-0.25, -0.2) is 9.79 Å². The number of hydrogen-bond acceptors (Lipinski definition) is 7. The van der Waals surface area contributed by atoms with Crippen molar-refractivity contribution >= 4 is 46.3 Å². The van der Waals surface area contributed by atoms with Gasteiger partial charge in [0.2, 0.25) is 0 Å². The number of phenols is 1. The molecule has 1 aromatic carbocycles. The maximum Gasteiger partial charge on any atom is 0.338 e. The second-order valence-corrected chi connectivity index (χ2v) is 8.95. The lowest BCUT2D eigenvalue weighted by atomic mass is 10.0. The van der Waals surface area contributed by atoms with Crippen molar-refractivity contribution in [1.82, 2.24) is 4.57 Å². The predicted molar refractivity (Wildman–Crippen MR) is 118 cm³/mol. The summed E-state index contributed by atoms with van der Waals surface area (Å²) in [7, 11) is 0. The zero-order chi connectivity index (χ0) is 21.4.